The van der Waals surface area contributed by atoms with E-state index in [9.17, 15) is 33.6 Å². The number of rotatable bonds is 16. The number of carbonyl (C=O) groups is 1. The summed E-state index contributed by atoms with van der Waals surface area (Å²) in [4.78, 5) is 16.7. The molecular formula is C35H43ClN4O10S. The number of nitrogens with one attached hydrogen (secondary N) is 2. The third-order valence-electron chi connectivity index (χ3n) is 9.65. The van der Waals surface area contributed by atoms with Crippen LogP contribution < -0.4 is 15.4 Å². The fourth-order valence-electron chi connectivity index (χ4n) is 6.03. The number of halogens is 1. The number of benzene rings is 2. The second-order valence-electron chi connectivity index (χ2n) is 13.5. The van der Waals surface area contributed by atoms with Crippen molar-refractivity contribution in [3.8, 4) is 16.9 Å². The van der Waals surface area contributed by atoms with Crippen LogP contribution in [0.2, 0.25) is 5.02 Å². The Labute approximate surface area is 301 Å². The van der Waals surface area contributed by atoms with Crippen LogP contribution in [-0.4, -0.2) is 112 Å². The lowest BCUT2D eigenvalue weighted by molar-refractivity contribution is -0.113. The molecule has 2 amide bonds. The summed E-state index contributed by atoms with van der Waals surface area (Å²) in [6.45, 7) is 0.916. The molecule has 2 aliphatic carbocycles. The van der Waals surface area contributed by atoms with E-state index in [0.717, 1.165) is 41.7 Å². The number of amides is 2. The average Bonchev–Trinajstić information content (AvgIpc) is 4.05. The van der Waals surface area contributed by atoms with Gasteiger partial charge in [0.2, 0.25) is 10.0 Å². The molecule has 0 spiro atoms. The van der Waals surface area contributed by atoms with E-state index in [2.05, 4.69) is 22.5 Å². The van der Waals surface area contributed by atoms with Crippen molar-refractivity contribution >= 4 is 27.7 Å². The number of pyridine rings is 1. The summed E-state index contributed by atoms with van der Waals surface area (Å²) in [5.74, 6) is 1.33. The van der Waals surface area contributed by atoms with Crippen molar-refractivity contribution in [3.05, 3.63) is 77.1 Å². The van der Waals surface area contributed by atoms with Gasteiger partial charge in [-0.3, -0.25) is 4.98 Å². The molecule has 1 aromatic heterocycles. The van der Waals surface area contributed by atoms with E-state index in [4.69, 9.17) is 26.2 Å². The summed E-state index contributed by atoms with van der Waals surface area (Å²) in [5, 5.41) is 53.2. The van der Waals surface area contributed by atoms with E-state index < -0.39 is 65.3 Å². The zero-order valence-electron chi connectivity index (χ0n) is 27.9. The van der Waals surface area contributed by atoms with Crippen LogP contribution in [0.3, 0.4) is 0 Å². The van der Waals surface area contributed by atoms with Crippen molar-refractivity contribution in [1.29, 1.82) is 0 Å². The highest BCUT2D eigenvalue weighted by molar-refractivity contribution is 7.89. The van der Waals surface area contributed by atoms with Crippen LogP contribution in [0.5, 0.6) is 5.75 Å². The standard InChI is InChI=1S/C35H43ClN4O10S/c1-20-12-31(20)50-30-5-3-2-4-25(30)24-8-11-37-14-26(24)35(9-10-35)49-19-21-13-23(6-7-27(21)36)51(47,48)40-16-22(17-40)39-34(46)38-15-28(42)32(44)33(45)29(43)18-41/h2-8,11,13-14,20,22,28-29,31-33,41-45H,9-10,12,15-19H2,1H3,(H2,38,39,46)/t20?,28-,29+,31?,32+,33+/m0/s1. The zero-order chi connectivity index (χ0) is 36.5. The summed E-state index contributed by atoms with van der Waals surface area (Å²) < 4.78 is 41.0. The Balaban J connectivity index is 1.06. The topological polar surface area (TPSA) is 211 Å². The van der Waals surface area contributed by atoms with Crippen molar-refractivity contribution in [2.75, 3.05) is 26.2 Å². The fraction of sp³-hybridized carbons (Fsp3) is 0.486. The molecule has 7 N–H and O–H groups in total. The van der Waals surface area contributed by atoms with Gasteiger partial charge in [0.05, 0.1) is 35.9 Å². The van der Waals surface area contributed by atoms with Gasteiger partial charge in [-0.2, -0.15) is 4.31 Å². The minimum absolute atomic E-state index is 0.00542. The molecule has 2 saturated carbocycles. The summed E-state index contributed by atoms with van der Waals surface area (Å²) >= 11 is 6.53. The van der Waals surface area contributed by atoms with E-state index >= 15 is 0 Å². The third kappa shape index (κ3) is 8.32. The average molecular weight is 747 g/mol. The lowest BCUT2D eigenvalue weighted by atomic mass is 9.96. The molecule has 2 heterocycles. The summed E-state index contributed by atoms with van der Waals surface area (Å²) in [7, 11) is -3.94. The lowest BCUT2D eigenvalue weighted by Crippen LogP contribution is -2.62. The number of carbonyl (C=O) groups excluding carboxylic acids is 1. The Morgan fingerprint density at radius 1 is 1.06 bits per heavy atom. The minimum atomic E-state index is -3.94. The number of urea groups is 1. The van der Waals surface area contributed by atoms with Crippen LogP contribution >= 0.6 is 11.6 Å². The van der Waals surface area contributed by atoms with Crippen LogP contribution in [0.15, 0.2) is 65.8 Å². The van der Waals surface area contributed by atoms with E-state index in [-0.39, 0.29) is 30.7 Å². The maximum atomic E-state index is 13.5. The Bertz CT molecular complexity index is 1820. The number of aliphatic hydroxyl groups excluding tert-OH is 5. The molecule has 276 valence electrons. The number of hydrogen-bond acceptors (Lipinski definition) is 11. The van der Waals surface area contributed by atoms with Gasteiger partial charge in [0, 0.05) is 48.2 Å². The largest absolute Gasteiger partial charge is 0.489 e. The van der Waals surface area contributed by atoms with Gasteiger partial charge < -0.3 is 45.6 Å². The normalized spacial score (nSPS) is 22.3. The molecular weight excluding hydrogens is 704 g/mol. The lowest BCUT2D eigenvalue weighted by Gasteiger charge is -2.38. The van der Waals surface area contributed by atoms with Gasteiger partial charge in [0.1, 0.15) is 30.2 Å². The Morgan fingerprint density at radius 2 is 1.76 bits per heavy atom. The highest BCUT2D eigenvalue weighted by atomic mass is 35.5. The molecule has 6 atom stereocenters. The predicted molar refractivity (Wildman–Crippen MR) is 185 cm³/mol. The molecule has 14 nitrogen and oxygen atoms in total. The first kappa shape index (κ1) is 37.4. The van der Waals surface area contributed by atoms with E-state index in [1.165, 1.54) is 22.5 Å². The van der Waals surface area contributed by atoms with Crippen LogP contribution in [0.25, 0.3) is 11.1 Å². The Hall–Kier alpha value is -3.38. The molecule has 1 saturated heterocycles. The van der Waals surface area contributed by atoms with Crippen molar-refractivity contribution in [2.45, 2.75) is 79.9 Å². The van der Waals surface area contributed by atoms with E-state index in [0.29, 0.717) is 16.5 Å². The molecule has 2 unspecified atom stereocenters. The molecule has 0 radical (unpaired) electrons. The maximum absolute atomic E-state index is 13.5. The van der Waals surface area contributed by atoms with Gasteiger partial charge in [0.25, 0.3) is 0 Å². The molecule has 16 heteroatoms. The molecule has 0 bridgehead atoms. The van der Waals surface area contributed by atoms with Crippen molar-refractivity contribution in [1.82, 2.24) is 19.9 Å². The molecule has 6 rings (SSSR count). The third-order valence-corrected chi connectivity index (χ3v) is 11.8. The summed E-state index contributed by atoms with van der Waals surface area (Å²) in [6, 6.07) is 13.1. The van der Waals surface area contributed by atoms with Crippen LogP contribution in [-0.2, 0) is 27.0 Å². The van der Waals surface area contributed by atoms with Crippen molar-refractivity contribution in [3.63, 3.8) is 0 Å². The van der Waals surface area contributed by atoms with Gasteiger partial charge in [-0.05, 0) is 66.6 Å². The molecule has 1 aliphatic heterocycles. The van der Waals surface area contributed by atoms with Gasteiger partial charge in [-0.25, -0.2) is 13.2 Å². The van der Waals surface area contributed by atoms with E-state index in [1.54, 1.807) is 6.20 Å². The van der Waals surface area contributed by atoms with Crippen molar-refractivity contribution < 1.29 is 48.2 Å². The maximum Gasteiger partial charge on any atom is 0.315 e. The molecule has 51 heavy (non-hydrogen) atoms. The van der Waals surface area contributed by atoms with Crippen LogP contribution in [0.4, 0.5) is 4.79 Å². The number of sulfonamides is 1. The van der Waals surface area contributed by atoms with Gasteiger partial charge >= 0.3 is 6.03 Å². The molecule has 3 fully saturated rings. The van der Waals surface area contributed by atoms with Gasteiger partial charge in [-0.1, -0.05) is 36.7 Å². The number of aliphatic hydroxyl groups is 5. The minimum Gasteiger partial charge on any atom is -0.489 e. The molecule has 3 aromatic rings. The molecule has 3 aliphatic rings. The van der Waals surface area contributed by atoms with Gasteiger partial charge in [0.15, 0.2) is 0 Å². The Kier molecular flexibility index (Phi) is 11.2. The number of aromatic nitrogens is 1. The zero-order valence-corrected chi connectivity index (χ0v) is 29.5. The number of nitrogens with zero attached hydrogens (tertiary/aromatic N) is 2. The number of para-hydroxylation sites is 1. The summed E-state index contributed by atoms with van der Waals surface area (Å²) in [5.41, 5.74) is 2.74. The van der Waals surface area contributed by atoms with Gasteiger partial charge in [-0.15, -0.1) is 0 Å². The second kappa shape index (κ2) is 15.3. The highest BCUT2D eigenvalue weighted by Crippen LogP contribution is 2.53. The highest BCUT2D eigenvalue weighted by Gasteiger charge is 2.48. The SMILES string of the molecule is CC1CC1Oc1ccccc1-c1ccncc1C1(OCc2cc(S(=O)(=O)N3CC(NC(=O)NC[C@H](O)[C@@H](O)[C@H](O)[C@H](O)CO)C3)ccc2Cl)CC1. The van der Waals surface area contributed by atoms with Crippen LogP contribution in [0, 0.1) is 5.92 Å². The first-order chi connectivity index (χ1) is 24.3. The van der Waals surface area contributed by atoms with E-state index in [1.807, 2.05) is 36.5 Å². The monoisotopic (exact) mass is 746 g/mol. The first-order valence-electron chi connectivity index (χ1n) is 16.8. The molecule has 2 aromatic carbocycles. The van der Waals surface area contributed by atoms with Crippen molar-refractivity contribution in [2.24, 2.45) is 5.92 Å². The fourth-order valence-corrected chi connectivity index (χ4v) is 7.79. The smallest absolute Gasteiger partial charge is 0.315 e. The Morgan fingerprint density at radius 3 is 2.45 bits per heavy atom. The number of hydrogen-bond donors (Lipinski definition) is 7. The van der Waals surface area contributed by atoms with Crippen LogP contribution in [0.1, 0.15) is 37.3 Å². The quantitative estimate of drug-likeness (QED) is 0.112. The number of ether oxygens (including phenoxy) is 2. The predicted octanol–water partition coefficient (Wildman–Crippen LogP) is 1.50. The first-order valence-corrected chi connectivity index (χ1v) is 18.7. The second-order valence-corrected chi connectivity index (χ2v) is 15.8. The summed E-state index contributed by atoms with van der Waals surface area (Å²) in [6.07, 6.45) is -0.653.